The van der Waals surface area contributed by atoms with Crippen LogP contribution in [0.15, 0.2) is 30.5 Å². The number of aromatic nitrogens is 3. The van der Waals surface area contributed by atoms with E-state index < -0.39 is 35.9 Å². The zero-order chi connectivity index (χ0) is 22.1. The fourth-order valence-corrected chi connectivity index (χ4v) is 3.51. The number of esters is 1. The van der Waals surface area contributed by atoms with Crippen LogP contribution in [0.5, 0.6) is 0 Å². The molecule has 3 rings (SSSR count). The average molecular weight is 416 g/mol. The minimum absolute atomic E-state index is 0.0369. The molecule has 2 heterocycles. The average Bonchev–Trinajstić information content (AvgIpc) is 3.19. The fraction of sp³-hybridized carbons (Fsp3) is 0.524. The van der Waals surface area contributed by atoms with Gasteiger partial charge in [-0.25, -0.2) is 4.79 Å². The Balaban J connectivity index is 1.82. The van der Waals surface area contributed by atoms with Gasteiger partial charge in [-0.05, 0) is 32.8 Å². The van der Waals surface area contributed by atoms with Gasteiger partial charge in [-0.15, -0.1) is 5.10 Å². The summed E-state index contributed by atoms with van der Waals surface area (Å²) in [5.41, 5.74) is 1.92. The van der Waals surface area contributed by atoms with Crippen molar-refractivity contribution in [3.05, 3.63) is 36.0 Å². The van der Waals surface area contributed by atoms with Crippen molar-refractivity contribution in [3.8, 4) is 11.3 Å². The van der Waals surface area contributed by atoms with Crippen molar-refractivity contribution in [2.24, 2.45) is 7.05 Å². The first kappa shape index (κ1) is 21.8. The predicted octanol–water partition coefficient (Wildman–Crippen LogP) is 1.94. The number of carbonyl (C=O) groups is 2. The second-order valence-corrected chi connectivity index (χ2v) is 8.52. The highest BCUT2D eigenvalue weighted by Gasteiger charge is 2.46. The van der Waals surface area contributed by atoms with Crippen LogP contribution >= 0.6 is 0 Å². The Morgan fingerprint density at radius 3 is 2.43 bits per heavy atom. The van der Waals surface area contributed by atoms with Gasteiger partial charge in [0.15, 0.2) is 0 Å². The Morgan fingerprint density at radius 1 is 1.23 bits per heavy atom. The lowest BCUT2D eigenvalue weighted by Gasteiger charge is -2.30. The largest absolute Gasteiger partial charge is 0.457 e. The molecule has 1 aromatic carbocycles. The maximum atomic E-state index is 12.7. The summed E-state index contributed by atoms with van der Waals surface area (Å²) in [5, 5.41) is 18.5. The molecule has 1 saturated heterocycles. The van der Waals surface area contributed by atoms with Crippen molar-refractivity contribution in [2.75, 3.05) is 6.54 Å². The number of carbonyl (C=O) groups excluding carboxylic acids is 2. The number of likely N-dealkylation sites (tertiary alicyclic amines) is 1. The third-order valence-corrected chi connectivity index (χ3v) is 4.77. The molecule has 30 heavy (non-hydrogen) atoms. The quantitative estimate of drug-likeness (QED) is 0.759. The number of amides is 1. The van der Waals surface area contributed by atoms with Gasteiger partial charge in [0.2, 0.25) is 0 Å². The molecule has 9 nitrogen and oxygen atoms in total. The summed E-state index contributed by atoms with van der Waals surface area (Å²) in [6.45, 7) is 6.66. The van der Waals surface area contributed by atoms with E-state index >= 15 is 0 Å². The molecule has 1 aliphatic heterocycles. The topological polar surface area (TPSA) is 107 Å². The van der Waals surface area contributed by atoms with E-state index in [0.29, 0.717) is 6.42 Å². The van der Waals surface area contributed by atoms with E-state index in [1.807, 2.05) is 30.5 Å². The summed E-state index contributed by atoms with van der Waals surface area (Å²) in [4.78, 5) is 25.7. The highest BCUT2D eigenvalue weighted by atomic mass is 16.6. The summed E-state index contributed by atoms with van der Waals surface area (Å²) >= 11 is 0. The Bertz CT molecular complexity index is 903. The molecule has 0 saturated carbocycles. The van der Waals surface area contributed by atoms with E-state index in [0.717, 1.165) is 16.8 Å². The van der Waals surface area contributed by atoms with Crippen molar-refractivity contribution >= 4 is 12.1 Å². The smallest absolute Gasteiger partial charge is 0.410 e. The van der Waals surface area contributed by atoms with Gasteiger partial charge >= 0.3 is 12.1 Å². The molecule has 9 heteroatoms. The highest BCUT2D eigenvalue weighted by Crippen LogP contribution is 2.28. The first-order valence-electron chi connectivity index (χ1n) is 9.84. The van der Waals surface area contributed by atoms with Crippen LogP contribution in [0.2, 0.25) is 0 Å². The predicted molar refractivity (Wildman–Crippen MR) is 108 cm³/mol. The number of benzene rings is 1. The van der Waals surface area contributed by atoms with E-state index in [1.54, 1.807) is 32.5 Å². The number of β-amino-alcohol motifs (C(OH)–C–C–N with tert-alkyl or cyclic N) is 1. The van der Waals surface area contributed by atoms with Crippen LogP contribution < -0.4 is 0 Å². The van der Waals surface area contributed by atoms with Crippen LogP contribution in [0, 0.1) is 0 Å². The molecule has 1 N–H and O–H groups in total. The number of hydrogen-bond donors (Lipinski definition) is 1. The molecular weight excluding hydrogens is 388 g/mol. The SMILES string of the molecule is CC(=O)O[C@H]1[C@@H](Cc2ccc(-c3cn(C)nn3)cc2)N(C(=O)OC(C)(C)C)C[C@@H]1O. The van der Waals surface area contributed by atoms with Crippen molar-refractivity contribution in [1.29, 1.82) is 0 Å². The molecule has 1 aromatic heterocycles. The third kappa shape index (κ3) is 5.15. The lowest BCUT2D eigenvalue weighted by atomic mass is 9.99. The number of rotatable bonds is 4. The van der Waals surface area contributed by atoms with Gasteiger partial charge in [0.25, 0.3) is 0 Å². The van der Waals surface area contributed by atoms with Crippen LogP contribution in [0.4, 0.5) is 4.79 Å². The monoisotopic (exact) mass is 416 g/mol. The Kier molecular flexibility index (Phi) is 6.12. The normalized spacial score (nSPS) is 21.5. The van der Waals surface area contributed by atoms with Crippen LogP contribution in [0.3, 0.4) is 0 Å². The molecule has 162 valence electrons. The van der Waals surface area contributed by atoms with Crippen molar-refractivity contribution < 1.29 is 24.2 Å². The van der Waals surface area contributed by atoms with Crippen molar-refractivity contribution in [2.45, 2.75) is 58.0 Å². The maximum absolute atomic E-state index is 12.7. The third-order valence-electron chi connectivity index (χ3n) is 4.77. The molecule has 1 aliphatic rings. The molecule has 0 radical (unpaired) electrons. The van der Waals surface area contributed by atoms with Gasteiger partial charge < -0.3 is 14.6 Å². The van der Waals surface area contributed by atoms with Crippen LogP contribution in [-0.4, -0.2) is 67.5 Å². The summed E-state index contributed by atoms with van der Waals surface area (Å²) < 4.78 is 12.5. The lowest BCUT2D eigenvalue weighted by molar-refractivity contribution is -0.151. The van der Waals surface area contributed by atoms with Gasteiger partial charge in [0.1, 0.15) is 23.5 Å². The number of nitrogens with zero attached hydrogens (tertiary/aromatic N) is 4. The lowest BCUT2D eigenvalue weighted by Crippen LogP contribution is -2.45. The summed E-state index contributed by atoms with van der Waals surface area (Å²) in [5.74, 6) is -0.506. The number of hydrogen-bond acceptors (Lipinski definition) is 7. The molecule has 0 bridgehead atoms. The van der Waals surface area contributed by atoms with E-state index in [9.17, 15) is 14.7 Å². The minimum atomic E-state index is -0.981. The van der Waals surface area contributed by atoms with E-state index in [4.69, 9.17) is 9.47 Å². The zero-order valence-electron chi connectivity index (χ0n) is 17.9. The molecule has 1 fully saturated rings. The second kappa shape index (κ2) is 8.43. The molecule has 3 atom stereocenters. The number of aliphatic hydroxyl groups is 1. The standard InChI is InChI=1S/C21H28N4O5/c1-13(26)29-19-17(25(12-18(19)27)20(28)30-21(2,3)4)10-14-6-8-15(9-7-14)16-11-24(5)23-22-16/h6-9,11,17-19,27H,10,12H2,1-5H3/t17-,18+,19+/m1/s1. The number of aryl methyl sites for hydroxylation is 1. The summed E-state index contributed by atoms with van der Waals surface area (Å²) in [6, 6.07) is 7.15. The molecule has 1 amide bonds. The number of ether oxygens (including phenoxy) is 2. The van der Waals surface area contributed by atoms with E-state index in [1.165, 1.54) is 11.8 Å². The van der Waals surface area contributed by atoms with E-state index in [2.05, 4.69) is 10.3 Å². The van der Waals surface area contributed by atoms with Crippen LogP contribution in [0.25, 0.3) is 11.3 Å². The van der Waals surface area contributed by atoms with E-state index in [-0.39, 0.29) is 6.54 Å². The van der Waals surface area contributed by atoms with Crippen molar-refractivity contribution in [3.63, 3.8) is 0 Å². The van der Waals surface area contributed by atoms with Gasteiger partial charge in [-0.3, -0.25) is 14.4 Å². The Labute approximate surface area is 175 Å². The van der Waals surface area contributed by atoms with Gasteiger partial charge in [0.05, 0.1) is 18.8 Å². The molecule has 0 spiro atoms. The first-order chi connectivity index (χ1) is 14.0. The maximum Gasteiger partial charge on any atom is 0.410 e. The number of aliphatic hydroxyl groups excluding tert-OH is 1. The highest BCUT2D eigenvalue weighted by molar-refractivity contribution is 5.70. The van der Waals surface area contributed by atoms with Gasteiger partial charge in [0, 0.05) is 19.5 Å². The van der Waals surface area contributed by atoms with Crippen LogP contribution in [-0.2, 0) is 27.7 Å². The Morgan fingerprint density at radius 2 is 1.90 bits per heavy atom. The first-order valence-corrected chi connectivity index (χ1v) is 9.84. The van der Waals surface area contributed by atoms with Gasteiger partial charge in [-0.2, -0.15) is 0 Å². The van der Waals surface area contributed by atoms with Gasteiger partial charge in [-0.1, -0.05) is 29.5 Å². The zero-order valence-corrected chi connectivity index (χ0v) is 17.9. The molecule has 0 unspecified atom stereocenters. The minimum Gasteiger partial charge on any atom is -0.457 e. The summed E-state index contributed by atoms with van der Waals surface area (Å²) in [6.07, 6.45) is -0.129. The molecular formula is C21H28N4O5. The Hall–Kier alpha value is -2.94. The molecule has 2 aromatic rings. The molecule has 0 aliphatic carbocycles. The van der Waals surface area contributed by atoms with Crippen molar-refractivity contribution in [1.82, 2.24) is 19.9 Å². The summed E-state index contributed by atoms with van der Waals surface area (Å²) in [7, 11) is 1.80. The van der Waals surface area contributed by atoms with Crippen LogP contribution in [0.1, 0.15) is 33.3 Å². The second-order valence-electron chi connectivity index (χ2n) is 8.52. The fourth-order valence-electron chi connectivity index (χ4n) is 3.51.